The molecule has 2 aromatic carbocycles. The number of rotatable bonds is 2. The van der Waals surface area contributed by atoms with Gasteiger partial charge >= 0.3 is 0 Å². The number of aromatic hydroxyl groups is 1. The lowest BCUT2D eigenvalue weighted by molar-refractivity contribution is -0.384. The molecule has 0 radical (unpaired) electrons. The van der Waals surface area contributed by atoms with E-state index in [2.05, 4.69) is 9.97 Å². The van der Waals surface area contributed by atoms with Crippen LogP contribution in [0.2, 0.25) is 10.0 Å². The van der Waals surface area contributed by atoms with Gasteiger partial charge in [0.15, 0.2) is 0 Å². The summed E-state index contributed by atoms with van der Waals surface area (Å²) in [6, 6.07) is 7.08. The zero-order chi connectivity index (χ0) is 15.1. The number of halogens is 2. The molecule has 1 heterocycles. The average Bonchev–Trinajstić information content (AvgIpc) is 2.85. The number of hydrogen-bond donors (Lipinski definition) is 2. The van der Waals surface area contributed by atoms with E-state index in [0.29, 0.717) is 27.4 Å². The first-order valence-corrected chi connectivity index (χ1v) is 6.54. The molecule has 0 aliphatic rings. The Morgan fingerprint density at radius 1 is 1.24 bits per heavy atom. The Hall–Kier alpha value is -2.31. The Kier molecular flexibility index (Phi) is 3.19. The molecule has 0 saturated heterocycles. The maximum Gasteiger partial charge on any atom is 0.273 e. The van der Waals surface area contributed by atoms with E-state index in [1.165, 1.54) is 24.3 Å². The second-order valence-electron chi connectivity index (χ2n) is 4.33. The van der Waals surface area contributed by atoms with Crippen molar-refractivity contribution >= 4 is 39.9 Å². The molecule has 0 saturated carbocycles. The molecule has 0 amide bonds. The van der Waals surface area contributed by atoms with Crippen LogP contribution in [0.4, 0.5) is 5.69 Å². The molecule has 0 fully saturated rings. The molecule has 0 atom stereocenters. The molecule has 0 aliphatic heterocycles. The second-order valence-corrected chi connectivity index (χ2v) is 5.17. The van der Waals surface area contributed by atoms with E-state index in [4.69, 9.17) is 23.2 Å². The number of fused-ring (bicyclic) bond motifs is 1. The summed E-state index contributed by atoms with van der Waals surface area (Å²) in [5, 5.41) is 21.3. The predicted molar refractivity (Wildman–Crippen MR) is 79.9 cm³/mol. The molecule has 21 heavy (non-hydrogen) atoms. The maximum absolute atomic E-state index is 10.8. The van der Waals surface area contributed by atoms with E-state index >= 15 is 0 Å². The summed E-state index contributed by atoms with van der Waals surface area (Å²) in [5.41, 5.74) is 1.04. The number of non-ortho nitro benzene ring substituents is 1. The average molecular weight is 324 g/mol. The van der Waals surface area contributed by atoms with E-state index in [-0.39, 0.29) is 16.5 Å². The summed E-state index contributed by atoms with van der Waals surface area (Å²) in [5.74, 6) is 0.316. The van der Waals surface area contributed by atoms with Gasteiger partial charge in [0.2, 0.25) is 0 Å². The van der Waals surface area contributed by atoms with Crippen molar-refractivity contribution in [2.24, 2.45) is 0 Å². The number of nitrogens with zero attached hydrogens (tertiary/aromatic N) is 2. The monoisotopic (exact) mass is 323 g/mol. The minimum Gasteiger partial charge on any atom is -0.507 e. The van der Waals surface area contributed by atoms with Gasteiger partial charge in [-0.05, 0) is 18.2 Å². The highest BCUT2D eigenvalue weighted by atomic mass is 35.5. The molecule has 106 valence electrons. The molecule has 0 spiro atoms. The Labute approximate surface area is 128 Å². The SMILES string of the molecule is O=[N+]([O-])c1cc(Cl)c2nc(-c3cc(Cl)ccc3O)[nH]c2c1. The number of phenolic OH excluding ortho intramolecular Hbond substituents is 1. The van der Waals surface area contributed by atoms with Crippen molar-refractivity contribution in [2.45, 2.75) is 0 Å². The number of nitrogens with one attached hydrogen (secondary N) is 1. The van der Waals surface area contributed by atoms with Crippen molar-refractivity contribution in [1.82, 2.24) is 9.97 Å². The fourth-order valence-corrected chi connectivity index (χ4v) is 2.42. The van der Waals surface area contributed by atoms with Crippen LogP contribution in [-0.2, 0) is 0 Å². The van der Waals surface area contributed by atoms with Crippen molar-refractivity contribution in [3.63, 3.8) is 0 Å². The van der Waals surface area contributed by atoms with Crippen LogP contribution in [0.5, 0.6) is 5.75 Å². The Morgan fingerprint density at radius 2 is 2.00 bits per heavy atom. The van der Waals surface area contributed by atoms with Gasteiger partial charge in [0.1, 0.15) is 17.1 Å². The van der Waals surface area contributed by atoms with Gasteiger partial charge in [0.05, 0.1) is 21.0 Å². The number of nitro groups is 1. The third-order valence-corrected chi connectivity index (χ3v) is 3.47. The largest absolute Gasteiger partial charge is 0.507 e. The number of phenols is 1. The summed E-state index contributed by atoms with van der Waals surface area (Å²) in [7, 11) is 0. The number of H-pyrrole nitrogens is 1. The van der Waals surface area contributed by atoms with Crippen LogP contribution >= 0.6 is 23.2 Å². The van der Waals surface area contributed by atoms with Crippen LogP contribution in [0.25, 0.3) is 22.4 Å². The summed E-state index contributed by atoms with van der Waals surface area (Å²) >= 11 is 11.9. The number of imidazole rings is 1. The van der Waals surface area contributed by atoms with Gasteiger partial charge in [0, 0.05) is 17.2 Å². The fourth-order valence-electron chi connectivity index (χ4n) is 1.99. The van der Waals surface area contributed by atoms with Gasteiger partial charge in [-0.15, -0.1) is 0 Å². The van der Waals surface area contributed by atoms with Gasteiger partial charge < -0.3 is 10.1 Å². The fraction of sp³-hybridized carbons (Fsp3) is 0. The van der Waals surface area contributed by atoms with Crippen LogP contribution in [0, 0.1) is 10.1 Å². The molecule has 3 aromatic rings. The van der Waals surface area contributed by atoms with Gasteiger partial charge in [-0.1, -0.05) is 23.2 Å². The number of nitro benzene ring substituents is 1. The highest BCUT2D eigenvalue weighted by Gasteiger charge is 2.16. The molecule has 0 unspecified atom stereocenters. The van der Waals surface area contributed by atoms with Crippen LogP contribution in [-0.4, -0.2) is 20.0 Å². The van der Waals surface area contributed by atoms with E-state index in [9.17, 15) is 15.2 Å². The van der Waals surface area contributed by atoms with Crippen molar-refractivity contribution in [3.05, 3.63) is 50.5 Å². The lowest BCUT2D eigenvalue weighted by Crippen LogP contribution is -1.87. The molecule has 1 aromatic heterocycles. The van der Waals surface area contributed by atoms with Crippen LogP contribution in [0.15, 0.2) is 30.3 Å². The molecule has 8 heteroatoms. The molecule has 0 bridgehead atoms. The number of hydrogen-bond acceptors (Lipinski definition) is 4. The van der Waals surface area contributed by atoms with Gasteiger partial charge in [-0.25, -0.2) is 4.98 Å². The van der Waals surface area contributed by atoms with Crippen molar-refractivity contribution < 1.29 is 10.0 Å². The number of aromatic nitrogens is 2. The number of aromatic amines is 1. The third-order valence-electron chi connectivity index (χ3n) is 2.95. The molecular weight excluding hydrogens is 317 g/mol. The van der Waals surface area contributed by atoms with Crippen LogP contribution in [0.1, 0.15) is 0 Å². The van der Waals surface area contributed by atoms with Gasteiger partial charge in [-0.3, -0.25) is 10.1 Å². The summed E-state index contributed by atoms with van der Waals surface area (Å²) in [4.78, 5) is 17.4. The molecule has 3 rings (SSSR count). The standard InChI is InChI=1S/C13H7Cl2N3O3/c14-6-1-2-11(19)8(3-6)13-16-10-5-7(18(20)21)4-9(15)12(10)17-13/h1-5,19H,(H,16,17). The summed E-state index contributed by atoms with van der Waals surface area (Å²) in [6.45, 7) is 0. The Bertz CT molecular complexity index is 876. The summed E-state index contributed by atoms with van der Waals surface area (Å²) in [6.07, 6.45) is 0. The first kappa shape index (κ1) is 13.7. The predicted octanol–water partition coefficient (Wildman–Crippen LogP) is 4.15. The topological polar surface area (TPSA) is 92.1 Å². The maximum atomic E-state index is 10.8. The van der Waals surface area contributed by atoms with Gasteiger partial charge in [-0.2, -0.15) is 0 Å². The van der Waals surface area contributed by atoms with E-state index < -0.39 is 4.92 Å². The first-order chi connectivity index (χ1) is 9.95. The molecule has 0 aliphatic carbocycles. The summed E-state index contributed by atoms with van der Waals surface area (Å²) < 4.78 is 0. The smallest absolute Gasteiger partial charge is 0.273 e. The zero-order valence-corrected chi connectivity index (χ0v) is 11.8. The van der Waals surface area contributed by atoms with Gasteiger partial charge in [0.25, 0.3) is 5.69 Å². The van der Waals surface area contributed by atoms with Crippen molar-refractivity contribution in [1.29, 1.82) is 0 Å². The lowest BCUT2D eigenvalue weighted by Gasteiger charge is -2.00. The molecular formula is C13H7Cl2N3O3. The Morgan fingerprint density at radius 3 is 2.71 bits per heavy atom. The lowest BCUT2D eigenvalue weighted by atomic mass is 10.2. The highest BCUT2D eigenvalue weighted by Crippen LogP contribution is 2.34. The highest BCUT2D eigenvalue weighted by molar-refractivity contribution is 6.35. The minimum absolute atomic E-state index is 0.0101. The first-order valence-electron chi connectivity index (χ1n) is 5.78. The van der Waals surface area contributed by atoms with Crippen molar-refractivity contribution in [3.8, 4) is 17.1 Å². The normalized spacial score (nSPS) is 11.0. The number of benzene rings is 2. The third kappa shape index (κ3) is 2.39. The molecule has 2 N–H and O–H groups in total. The molecule has 6 nitrogen and oxygen atoms in total. The van der Waals surface area contributed by atoms with Crippen LogP contribution < -0.4 is 0 Å². The zero-order valence-electron chi connectivity index (χ0n) is 10.3. The Balaban J connectivity index is 2.24. The quantitative estimate of drug-likeness (QED) is 0.547. The van der Waals surface area contributed by atoms with E-state index in [1.54, 1.807) is 6.07 Å². The van der Waals surface area contributed by atoms with Crippen LogP contribution in [0.3, 0.4) is 0 Å². The van der Waals surface area contributed by atoms with E-state index in [1.807, 2.05) is 0 Å². The van der Waals surface area contributed by atoms with E-state index in [0.717, 1.165) is 0 Å². The second kappa shape index (κ2) is 4.91. The minimum atomic E-state index is -0.539. The van der Waals surface area contributed by atoms with Crippen molar-refractivity contribution in [2.75, 3.05) is 0 Å².